The van der Waals surface area contributed by atoms with Gasteiger partial charge < -0.3 is 15.4 Å². The molecule has 0 aliphatic rings. The monoisotopic (exact) mass is 406 g/mol. The van der Waals surface area contributed by atoms with Crippen LogP contribution in [-0.4, -0.2) is 46.3 Å². The van der Waals surface area contributed by atoms with E-state index in [1.165, 1.54) is 40.9 Å². The molecule has 154 valence electrons. The average molecular weight is 406 g/mol. The van der Waals surface area contributed by atoms with Crippen molar-refractivity contribution in [3.63, 3.8) is 0 Å². The maximum atomic E-state index is 13.9. The van der Waals surface area contributed by atoms with Gasteiger partial charge in [0.2, 0.25) is 5.88 Å². The fourth-order valence-corrected chi connectivity index (χ4v) is 2.69. The molecular formula is C19H21F3N6O. The Morgan fingerprint density at radius 2 is 1.93 bits per heavy atom. The standard InChI is InChI=1S/C19H21F3N6O/c1-27(11-16(21)22)17-8-18(28(2)26-17)29-15-7-13(20)3-4-14(15)19-24-9-12(5-6-23)10-25-19/h3-4,7-10,16H,5-6,11,23H2,1-2H3. The van der Waals surface area contributed by atoms with Crippen LogP contribution in [0.3, 0.4) is 0 Å². The van der Waals surface area contributed by atoms with Crippen molar-refractivity contribution in [1.82, 2.24) is 19.7 Å². The summed E-state index contributed by atoms with van der Waals surface area (Å²) in [6, 6.07) is 5.51. The number of hydrogen-bond donors (Lipinski definition) is 1. The molecule has 29 heavy (non-hydrogen) atoms. The molecule has 0 amide bonds. The van der Waals surface area contributed by atoms with Gasteiger partial charge in [0, 0.05) is 38.6 Å². The van der Waals surface area contributed by atoms with Gasteiger partial charge in [-0.2, -0.15) is 5.10 Å². The van der Waals surface area contributed by atoms with Gasteiger partial charge in [-0.3, -0.25) is 0 Å². The summed E-state index contributed by atoms with van der Waals surface area (Å²) >= 11 is 0. The van der Waals surface area contributed by atoms with Crippen molar-refractivity contribution < 1.29 is 17.9 Å². The van der Waals surface area contributed by atoms with Crippen LogP contribution in [0.2, 0.25) is 0 Å². The van der Waals surface area contributed by atoms with E-state index in [2.05, 4.69) is 15.1 Å². The van der Waals surface area contributed by atoms with Crippen molar-refractivity contribution in [2.24, 2.45) is 12.8 Å². The summed E-state index contributed by atoms with van der Waals surface area (Å²) in [7, 11) is 3.11. The quantitative estimate of drug-likeness (QED) is 0.619. The zero-order valence-electron chi connectivity index (χ0n) is 16.0. The second kappa shape index (κ2) is 8.91. The lowest BCUT2D eigenvalue weighted by atomic mass is 10.1. The summed E-state index contributed by atoms with van der Waals surface area (Å²) in [6.07, 6.45) is 1.46. The Labute approximate surface area is 165 Å². The van der Waals surface area contributed by atoms with Gasteiger partial charge in [-0.1, -0.05) is 0 Å². The topological polar surface area (TPSA) is 82.1 Å². The predicted octanol–water partition coefficient (Wildman–Crippen LogP) is 3.01. The van der Waals surface area contributed by atoms with Gasteiger partial charge in [0.15, 0.2) is 11.6 Å². The Hall–Kier alpha value is -3.14. The Morgan fingerprint density at radius 3 is 2.59 bits per heavy atom. The van der Waals surface area contributed by atoms with Gasteiger partial charge in [-0.15, -0.1) is 0 Å². The molecule has 3 aromatic rings. The molecule has 3 rings (SSSR count). The molecule has 0 radical (unpaired) electrons. The number of nitrogens with two attached hydrogens (primary N) is 1. The zero-order valence-corrected chi connectivity index (χ0v) is 16.0. The highest BCUT2D eigenvalue weighted by Crippen LogP contribution is 2.33. The van der Waals surface area contributed by atoms with E-state index in [9.17, 15) is 13.2 Å². The number of ether oxygens (including phenoxy) is 1. The molecule has 0 spiro atoms. The third kappa shape index (κ3) is 5.02. The lowest BCUT2D eigenvalue weighted by molar-refractivity contribution is 0.156. The summed E-state index contributed by atoms with van der Waals surface area (Å²) in [4.78, 5) is 9.92. The Balaban J connectivity index is 1.90. The van der Waals surface area contributed by atoms with Crippen molar-refractivity contribution in [2.75, 3.05) is 25.0 Å². The third-order valence-electron chi connectivity index (χ3n) is 4.16. The van der Waals surface area contributed by atoms with E-state index in [0.29, 0.717) is 30.2 Å². The number of alkyl halides is 2. The Kier molecular flexibility index (Phi) is 6.32. The van der Waals surface area contributed by atoms with Gasteiger partial charge in [-0.05, 0) is 30.7 Å². The molecule has 0 unspecified atom stereocenters. The van der Waals surface area contributed by atoms with E-state index in [1.54, 1.807) is 19.4 Å². The number of anilines is 1. The molecule has 0 saturated heterocycles. The van der Waals surface area contributed by atoms with Crippen LogP contribution in [0, 0.1) is 5.82 Å². The number of aryl methyl sites for hydroxylation is 1. The Morgan fingerprint density at radius 1 is 1.21 bits per heavy atom. The van der Waals surface area contributed by atoms with Crippen molar-refractivity contribution in [2.45, 2.75) is 12.8 Å². The average Bonchev–Trinajstić information content (AvgIpc) is 3.03. The van der Waals surface area contributed by atoms with E-state index in [0.717, 1.165) is 5.56 Å². The molecule has 0 aliphatic heterocycles. The molecule has 2 aromatic heterocycles. The molecule has 2 N–H and O–H groups in total. The van der Waals surface area contributed by atoms with Crippen LogP contribution in [0.15, 0.2) is 36.7 Å². The maximum absolute atomic E-state index is 13.9. The molecule has 0 aliphatic carbocycles. The third-order valence-corrected chi connectivity index (χ3v) is 4.16. The summed E-state index contributed by atoms with van der Waals surface area (Å²) in [6.45, 7) is 0.0150. The van der Waals surface area contributed by atoms with Crippen LogP contribution in [0.4, 0.5) is 19.0 Å². The second-order valence-electron chi connectivity index (χ2n) is 6.43. The molecule has 0 saturated carbocycles. The fraction of sp³-hybridized carbons (Fsp3) is 0.316. The van der Waals surface area contributed by atoms with Crippen LogP contribution in [0.5, 0.6) is 11.6 Å². The SMILES string of the molecule is CN(CC(F)F)c1cc(Oc2cc(F)ccc2-c2ncc(CCN)cn2)n(C)n1. The van der Waals surface area contributed by atoms with Crippen LogP contribution in [-0.2, 0) is 13.5 Å². The summed E-state index contributed by atoms with van der Waals surface area (Å²) in [5, 5.41) is 4.16. The molecular weight excluding hydrogens is 385 g/mol. The maximum Gasteiger partial charge on any atom is 0.255 e. The highest BCUT2D eigenvalue weighted by Gasteiger charge is 2.17. The first-order valence-electron chi connectivity index (χ1n) is 8.89. The minimum atomic E-state index is -2.50. The molecule has 2 heterocycles. The van der Waals surface area contributed by atoms with Crippen LogP contribution < -0.4 is 15.4 Å². The van der Waals surface area contributed by atoms with E-state index < -0.39 is 18.8 Å². The van der Waals surface area contributed by atoms with Crippen LogP contribution in [0.25, 0.3) is 11.4 Å². The molecule has 1 aromatic carbocycles. The Bertz CT molecular complexity index is 961. The van der Waals surface area contributed by atoms with E-state index in [4.69, 9.17) is 10.5 Å². The molecule has 0 fully saturated rings. The minimum Gasteiger partial charge on any atom is -0.438 e. The molecule has 7 nitrogen and oxygen atoms in total. The van der Waals surface area contributed by atoms with Crippen LogP contribution >= 0.6 is 0 Å². The largest absolute Gasteiger partial charge is 0.438 e. The lowest BCUT2D eigenvalue weighted by Crippen LogP contribution is -2.24. The van der Waals surface area contributed by atoms with Gasteiger partial charge in [0.05, 0.1) is 12.1 Å². The molecule has 10 heteroatoms. The number of benzene rings is 1. The van der Waals surface area contributed by atoms with Gasteiger partial charge in [-0.25, -0.2) is 27.8 Å². The minimum absolute atomic E-state index is 0.183. The van der Waals surface area contributed by atoms with Crippen LogP contribution in [0.1, 0.15) is 5.56 Å². The van der Waals surface area contributed by atoms with Gasteiger partial charge >= 0.3 is 0 Å². The van der Waals surface area contributed by atoms with Crippen molar-refractivity contribution in [1.29, 1.82) is 0 Å². The first-order chi connectivity index (χ1) is 13.9. The normalized spacial score (nSPS) is 11.1. The van der Waals surface area contributed by atoms with Gasteiger partial charge in [0.1, 0.15) is 11.6 Å². The molecule has 0 atom stereocenters. The predicted molar refractivity (Wildman–Crippen MR) is 103 cm³/mol. The van der Waals surface area contributed by atoms with Crippen molar-refractivity contribution in [3.05, 3.63) is 48.0 Å². The van der Waals surface area contributed by atoms with Crippen molar-refractivity contribution in [3.8, 4) is 23.0 Å². The number of hydrogen-bond acceptors (Lipinski definition) is 6. The van der Waals surface area contributed by atoms with E-state index in [1.807, 2.05) is 0 Å². The first-order valence-corrected chi connectivity index (χ1v) is 8.89. The molecule has 0 bridgehead atoms. The number of nitrogens with zero attached hydrogens (tertiary/aromatic N) is 5. The first kappa shape index (κ1) is 20.6. The van der Waals surface area contributed by atoms with E-state index in [-0.39, 0.29) is 11.6 Å². The van der Waals surface area contributed by atoms with Gasteiger partial charge in [0.25, 0.3) is 6.43 Å². The number of rotatable bonds is 8. The lowest BCUT2D eigenvalue weighted by Gasteiger charge is -2.14. The number of halogens is 3. The van der Waals surface area contributed by atoms with E-state index >= 15 is 0 Å². The van der Waals surface area contributed by atoms with Crippen molar-refractivity contribution >= 4 is 5.82 Å². The second-order valence-corrected chi connectivity index (χ2v) is 6.43. The highest BCUT2D eigenvalue weighted by molar-refractivity contribution is 5.64. The fourth-order valence-electron chi connectivity index (χ4n) is 2.69. The summed E-state index contributed by atoms with van der Waals surface area (Å²) < 4.78 is 46.3. The summed E-state index contributed by atoms with van der Waals surface area (Å²) in [5.74, 6) is 0.609. The number of aromatic nitrogens is 4. The summed E-state index contributed by atoms with van der Waals surface area (Å²) in [5.41, 5.74) is 6.90. The smallest absolute Gasteiger partial charge is 0.255 e. The highest BCUT2D eigenvalue weighted by atomic mass is 19.3. The zero-order chi connectivity index (χ0) is 21.0.